The molecule has 20 heavy (non-hydrogen) atoms. The van der Waals surface area contributed by atoms with Crippen molar-refractivity contribution in [3.05, 3.63) is 16.1 Å². The molecule has 1 fully saturated rings. The zero-order chi connectivity index (χ0) is 14.8. The molecule has 1 aliphatic rings. The van der Waals surface area contributed by atoms with Crippen LogP contribution in [0.25, 0.3) is 0 Å². The molecule has 0 atom stereocenters. The van der Waals surface area contributed by atoms with Crippen LogP contribution in [0.5, 0.6) is 0 Å². The summed E-state index contributed by atoms with van der Waals surface area (Å²) in [6.07, 6.45) is 0. The van der Waals surface area contributed by atoms with E-state index in [0.717, 1.165) is 32.8 Å². The number of nitrogens with zero attached hydrogens (tertiary/aromatic N) is 2. The Morgan fingerprint density at radius 3 is 2.85 bits per heavy atom. The molecule has 1 aliphatic heterocycles. The second kappa shape index (κ2) is 6.10. The van der Waals surface area contributed by atoms with E-state index in [1.54, 1.807) is 11.3 Å². The number of ether oxygens (including phenoxy) is 1. The van der Waals surface area contributed by atoms with Gasteiger partial charge in [-0.25, -0.2) is 4.98 Å². The Morgan fingerprint density at radius 2 is 2.20 bits per heavy atom. The summed E-state index contributed by atoms with van der Waals surface area (Å²) in [6.45, 7) is 15.4. The first-order chi connectivity index (χ1) is 9.26. The van der Waals surface area contributed by atoms with Crippen molar-refractivity contribution in [3.8, 4) is 0 Å². The van der Waals surface area contributed by atoms with Crippen LogP contribution in [0.1, 0.15) is 45.3 Å². The molecular formula is C15H27N3OS. The fourth-order valence-electron chi connectivity index (χ4n) is 2.22. The Hall–Kier alpha value is -0.490. The summed E-state index contributed by atoms with van der Waals surface area (Å²) in [5.41, 5.74) is 1.42. The molecule has 1 N–H and O–H groups in total. The van der Waals surface area contributed by atoms with Crippen molar-refractivity contribution in [2.75, 3.05) is 19.8 Å². The van der Waals surface area contributed by atoms with E-state index >= 15 is 0 Å². The van der Waals surface area contributed by atoms with E-state index in [-0.39, 0.29) is 11.1 Å². The highest BCUT2D eigenvalue weighted by Gasteiger charge is 2.30. The van der Waals surface area contributed by atoms with Crippen molar-refractivity contribution >= 4 is 11.3 Å². The molecular weight excluding hydrogens is 270 g/mol. The van der Waals surface area contributed by atoms with Crippen LogP contribution in [0.4, 0.5) is 0 Å². The molecule has 114 valence electrons. The average Bonchev–Trinajstić information content (AvgIpc) is 2.76. The predicted octanol–water partition coefficient (Wildman–Crippen LogP) is 2.64. The molecule has 0 radical (unpaired) electrons. The maximum Gasteiger partial charge on any atom is 0.107 e. The van der Waals surface area contributed by atoms with E-state index in [0.29, 0.717) is 0 Å². The van der Waals surface area contributed by atoms with E-state index in [1.807, 2.05) is 0 Å². The van der Waals surface area contributed by atoms with Crippen LogP contribution in [0.2, 0.25) is 0 Å². The second-order valence-corrected chi connectivity index (χ2v) is 8.07. The monoisotopic (exact) mass is 297 g/mol. The topological polar surface area (TPSA) is 37.4 Å². The lowest BCUT2D eigenvalue weighted by molar-refractivity contribution is -0.0557. The van der Waals surface area contributed by atoms with Crippen LogP contribution in [-0.2, 0) is 17.8 Å². The Bertz CT molecular complexity index is 437. The Balaban J connectivity index is 1.92. The van der Waals surface area contributed by atoms with Gasteiger partial charge in [-0.05, 0) is 34.6 Å². The molecule has 0 aliphatic carbocycles. The van der Waals surface area contributed by atoms with E-state index in [4.69, 9.17) is 9.72 Å². The summed E-state index contributed by atoms with van der Waals surface area (Å²) in [5.74, 6) is 0. The smallest absolute Gasteiger partial charge is 0.107 e. The van der Waals surface area contributed by atoms with Gasteiger partial charge in [-0.2, -0.15) is 0 Å². The molecule has 0 saturated carbocycles. The highest BCUT2D eigenvalue weighted by atomic mass is 32.1. The van der Waals surface area contributed by atoms with Crippen molar-refractivity contribution in [2.45, 2.75) is 58.8 Å². The minimum absolute atomic E-state index is 0.103. The first-order valence-corrected chi connectivity index (χ1v) is 8.15. The lowest BCUT2D eigenvalue weighted by Gasteiger charge is -2.41. The number of aromatic nitrogens is 1. The van der Waals surface area contributed by atoms with Crippen LogP contribution in [0, 0.1) is 0 Å². The minimum atomic E-state index is 0.103. The highest BCUT2D eigenvalue weighted by Crippen LogP contribution is 2.22. The van der Waals surface area contributed by atoms with Crippen molar-refractivity contribution in [2.24, 2.45) is 0 Å². The number of rotatable bonds is 4. The lowest BCUT2D eigenvalue weighted by atomic mass is 10.0. The number of hydrogen-bond donors (Lipinski definition) is 1. The molecule has 0 bridgehead atoms. The van der Waals surface area contributed by atoms with Crippen molar-refractivity contribution in [1.29, 1.82) is 0 Å². The van der Waals surface area contributed by atoms with Gasteiger partial charge >= 0.3 is 0 Å². The van der Waals surface area contributed by atoms with Gasteiger partial charge in [0.25, 0.3) is 0 Å². The average molecular weight is 297 g/mol. The van der Waals surface area contributed by atoms with E-state index in [1.165, 1.54) is 10.7 Å². The van der Waals surface area contributed by atoms with Crippen molar-refractivity contribution in [3.63, 3.8) is 0 Å². The normalized spacial score (nSPS) is 20.2. The van der Waals surface area contributed by atoms with Crippen LogP contribution >= 0.6 is 11.3 Å². The van der Waals surface area contributed by atoms with Crippen LogP contribution < -0.4 is 5.32 Å². The summed E-state index contributed by atoms with van der Waals surface area (Å²) >= 11 is 1.75. The molecule has 2 heterocycles. The Labute approximate surface area is 126 Å². The standard InChI is InChI=1S/C15H27N3OS/c1-14(2,3)16-8-13-17-12(10-20-13)9-18-6-7-19-11-15(18,4)5/h10,16H,6-9,11H2,1-5H3. The Kier molecular flexibility index (Phi) is 4.84. The van der Waals surface area contributed by atoms with Gasteiger partial charge < -0.3 is 10.1 Å². The second-order valence-electron chi connectivity index (χ2n) is 7.12. The fraction of sp³-hybridized carbons (Fsp3) is 0.800. The zero-order valence-electron chi connectivity index (χ0n) is 13.3. The van der Waals surface area contributed by atoms with Gasteiger partial charge in [0, 0.05) is 36.1 Å². The number of hydrogen-bond acceptors (Lipinski definition) is 5. The number of nitrogens with one attached hydrogen (secondary N) is 1. The van der Waals surface area contributed by atoms with Gasteiger partial charge in [0.1, 0.15) is 5.01 Å². The van der Waals surface area contributed by atoms with E-state index < -0.39 is 0 Å². The van der Waals surface area contributed by atoms with Gasteiger partial charge in [0.15, 0.2) is 0 Å². The summed E-state index contributed by atoms with van der Waals surface area (Å²) in [7, 11) is 0. The Morgan fingerprint density at radius 1 is 1.45 bits per heavy atom. The van der Waals surface area contributed by atoms with Crippen LogP contribution in [0.3, 0.4) is 0 Å². The SMILES string of the molecule is CC(C)(C)NCc1nc(CN2CCOCC2(C)C)cs1. The third-order valence-corrected chi connectivity index (χ3v) is 4.44. The first-order valence-electron chi connectivity index (χ1n) is 7.27. The van der Waals surface area contributed by atoms with Gasteiger partial charge in [-0.1, -0.05) is 0 Å². The first kappa shape index (κ1) is 15.9. The quantitative estimate of drug-likeness (QED) is 0.927. The third-order valence-electron chi connectivity index (χ3n) is 3.54. The van der Waals surface area contributed by atoms with Crippen molar-refractivity contribution in [1.82, 2.24) is 15.2 Å². The molecule has 0 aromatic carbocycles. The molecule has 2 rings (SSSR count). The van der Waals surface area contributed by atoms with Gasteiger partial charge in [-0.15, -0.1) is 11.3 Å². The number of morpholine rings is 1. The van der Waals surface area contributed by atoms with Crippen molar-refractivity contribution < 1.29 is 4.74 Å². The number of thiazole rings is 1. The third kappa shape index (κ3) is 4.52. The molecule has 1 saturated heterocycles. The summed E-state index contributed by atoms with van der Waals surface area (Å²) < 4.78 is 5.56. The molecule has 1 aromatic heterocycles. The summed E-state index contributed by atoms with van der Waals surface area (Å²) in [6, 6.07) is 0. The highest BCUT2D eigenvalue weighted by molar-refractivity contribution is 7.09. The largest absolute Gasteiger partial charge is 0.378 e. The van der Waals surface area contributed by atoms with Gasteiger partial charge in [-0.3, -0.25) is 4.90 Å². The minimum Gasteiger partial charge on any atom is -0.378 e. The molecule has 5 heteroatoms. The summed E-state index contributed by atoms with van der Waals surface area (Å²) in [4.78, 5) is 7.21. The van der Waals surface area contributed by atoms with Crippen LogP contribution in [-0.4, -0.2) is 40.7 Å². The van der Waals surface area contributed by atoms with Gasteiger partial charge in [0.2, 0.25) is 0 Å². The summed E-state index contributed by atoms with van der Waals surface area (Å²) in [5, 5.41) is 6.84. The maximum absolute atomic E-state index is 5.56. The molecule has 0 unspecified atom stereocenters. The zero-order valence-corrected chi connectivity index (χ0v) is 14.1. The van der Waals surface area contributed by atoms with E-state index in [9.17, 15) is 0 Å². The van der Waals surface area contributed by atoms with Crippen LogP contribution in [0.15, 0.2) is 5.38 Å². The molecule has 0 spiro atoms. The predicted molar refractivity (Wildman–Crippen MR) is 84.0 cm³/mol. The fourth-order valence-corrected chi connectivity index (χ4v) is 2.95. The lowest BCUT2D eigenvalue weighted by Crippen LogP contribution is -2.52. The van der Waals surface area contributed by atoms with E-state index in [2.05, 4.69) is 50.2 Å². The maximum atomic E-state index is 5.56. The molecule has 1 aromatic rings. The molecule has 0 amide bonds. The molecule has 4 nitrogen and oxygen atoms in total. The van der Waals surface area contributed by atoms with Gasteiger partial charge in [0.05, 0.1) is 18.9 Å².